The minimum Gasteiger partial charge on any atom is -0.480 e. The standard InChI is InChI=1S/C12H19N3O2S/c1-12(2,3)9-7(5-15(4)14-9)10-13-8(6-18-10)11(16)17/h5,8,10,13H,6H2,1-4H3,(H,16,17)/t8-,10?/m1/s1. The number of aromatic nitrogens is 2. The summed E-state index contributed by atoms with van der Waals surface area (Å²) in [7, 11) is 1.90. The minimum absolute atomic E-state index is 0.0222. The molecular weight excluding hydrogens is 250 g/mol. The van der Waals surface area contributed by atoms with Crippen molar-refractivity contribution in [3.8, 4) is 0 Å². The minimum atomic E-state index is -0.786. The fourth-order valence-corrected chi connectivity index (χ4v) is 3.31. The van der Waals surface area contributed by atoms with Crippen LogP contribution in [0.1, 0.15) is 37.4 Å². The molecule has 0 amide bonds. The van der Waals surface area contributed by atoms with E-state index in [2.05, 4.69) is 31.2 Å². The molecule has 2 N–H and O–H groups in total. The highest BCUT2D eigenvalue weighted by molar-refractivity contribution is 7.99. The number of nitrogens with zero attached hydrogens (tertiary/aromatic N) is 2. The molecule has 0 aliphatic carbocycles. The van der Waals surface area contributed by atoms with Crippen LogP contribution >= 0.6 is 11.8 Å². The molecule has 2 rings (SSSR count). The van der Waals surface area contributed by atoms with Crippen LogP contribution in [-0.2, 0) is 17.3 Å². The Morgan fingerprint density at radius 2 is 2.28 bits per heavy atom. The summed E-state index contributed by atoms with van der Waals surface area (Å²) in [4.78, 5) is 11.0. The van der Waals surface area contributed by atoms with Gasteiger partial charge in [0.2, 0.25) is 0 Å². The molecule has 0 aromatic carbocycles. The van der Waals surface area contributed by atoms with E-state index in [1.165, 1.54) is 0 Å². The van der Waals surface area contributed by atoms with Gasteiger partial charge in [0.15, 0.2) is 0 Å². The van der Waals surface area contributed by atoms with Gasteiger partial charge >= 0.3 is 5.97 Å². The Morgan fingerprint density at radius 1 is 1.61 bits per heavy atom. The highest BCUT2D eigenvalue weighted by atomic mass is 32.2. The van der Waals surface area contributed by atoms with Crippen molar-refractivity contribution in [1.29, 1.82) is 0 Å². The van der Waals surface area contributed by atoms with E-state index >= 15 is 0 Å². The number of hydrogen-bond donors (Lipinski definition) is 2. The topological polar surface area (TPSA) is 67.2 Å². The Morgan fingerprint density at radius 3 is 2.78 bits per heavy atom. The number of aliphatic carboxylic acids is 1. The SMILES string of the molecule is Cn1cc(C2N[C@@H](C(=O)O)CS2)c(C(C)(C)C)n1. The van der Waals surface area contributed by atoms with Crippen molar-refractivity contribution in [2.45, 2.75) is 37.6 Å². The van der Waals surface area contributed by atoms with Gasteiger partial charge in [-0.05, 0) is 0 Å². The van der Waals surface area contributed by atoms with Gasteiger partial charge in [0, 0.05) is 30.0 Å². The van der Waals surface area contributed by atoms with Crippen molar-refractivity contribution in [2.75, 3.05) is 5.75 Å². The Kier molecular flexibility index (Phi) is 3.42. The summed E-state index contributed by atoms with van der Waals surface area (Å²) in [6.07, 6.45) is 1.98. The molecule has 1 saturated heterocycles. The summed E-state index contributed by atoms with van der Waals surface area (Å²) < 4.78 is 1.80. The maximum absolute atomic E-state index is 11.0. The first-order valence-electron chi connectivity index (χ1n) is 5.93. The van der Waals surface area contributed by atoms with Gasteiger partial charge in [0.25, 0.3) is 0 Å². The first kappa shape index (κ1) is 13.4. The molecule has 1 aromatic rings. The molecule has 0 bridgehead atoms. The molecule has 5 nitrogen and oxygen atoms in total. The van der Waals surface area contributed by atoms with Crippen molar-refractivity contribution in [1.82, 2.24) is 15.1 Å². The number of thioether (sulfide) groups is 1. The Hall–Kier alpha value is -1.01. The van der Waals surface area contributed by atoms with Crippen molar-refractivity contribution in [2.24, 2.45) is 7.05 Å². The van der Waals surface area contributed by atoms with E-state index in [-0.39, 0.29) is 10.8 Å². The van der Waals surface area contributed by atoms with Gasteiger partial charge in [-0.1, -0.05) is 20.8 Å². The van der Waals surface area contributed by atoms with Crippen LogP contribution in [0, 0.1) is 0 Å². The summed E-state index contributed by atoms with van der Waals surface area (Å²) in [5, 5.41) is 16.7. The maximum atomic E-state index is 11.0. The van der Waals surface area contributed by atoms with Crippen LogP contribution in [0.5, 0.6) is 0 Å². The fraction of sp³-hybridized carbons (Fsp3) is 0.667. The largest absolute Gasteiger partial charge is 0.480 e. The zero-order valence-corrected chi connectivity index (χ0v) is 11.9. The van der Waals surface area contributed by atoms with Gasteiger partial charge in [-0.25, -0.2) is 0 Å². The zero-order valence-electron chi connectivity index (χ0n) is 11.1. The average Bonchev–Trinajstić information content (AvgIpc) is 2.81. The number of carboxylic acids is 1. The normalized spacial score (nSPS) is 24.4. The van der Waals surface area contributed by atoms with E-state index < -0.39 is 12.0 Å². The van der Waals surface area contributed by atoms with Gasteiger partial charge in [-0.2, -0.15) is 5.10 Å². The third-order valence-corrected chi connectivity index (χ3v) is 4.18. The second-order valence-electron chi connectivity index (χ2n) is 5.63. The molecular formula is C12H19N3O2S. The van der Waals surface area contributed by atoms with Crippen LogP contribution in [0.4, 0.5) is 0 Å². The first-order valence-corrected chi connectivity index (χ1v) is 6.98. The van der Waals surface area contributed by atoms with E-state index in [0.717, 1.165) is 11.3 Å². The molecule has 0 radical (unpaired) electrons. The van der Waals surface area contributed by atoms with E-state index in [1.807, 2.05) is 13.2 Å². The van der Waals surface area contributed by atoms with Crippen molar-refractivity contribution in [3.05, 3.63) is 17.5 Å². The molecule has 1 fully saturated rings. The Labute approximate surface area is 111 Å². The van der Waals surface area contributed by atoms with E-state index in [4.69, 9.17) is 5.11 Å². The lowest BCUT2D eigenvalue weighted by molar-refractivity contribution is -0.138. The number of carbonyl (C=O) groups is 1. The second kappa shape index (κ2) is 4.59. The molecule has 1 aliphatic heterocycles. The van der Waals surface area contributed by atoms with Crippen molar-refractivity contribution in [3.63, 3.8) is 0 Å². The third kappa shape index (κ3) is 2.54. The molecule has 2 heterocycles. The third-order valence-electron chi connectivity index (χ3n) is 2.93. The molecule has 0 spiro atoms. The summed E-state index contributed by atoms with van der Waals surface area (Å²) >= 11 is 1.63. The molecule has 1 unspecified atom stereocenters. The Balaban J connectivity index is 2.27. The zero-order chi connectivity index (χ0) is 13.5. The quantitative estimate of drug-likeness (QED) is 0.852. The highest BCUT2D eigenvalue weighted by Crippen LogP contribution is 2.37. The lowest BCUT2D eigenvalue weighted by atomic mass is 9.89. The molecule has 2 atom stereocenters. The smallest absolute Gasteiger partial charge is 0.321 e. The summed E-state index contributed by atoms with van der Waals surface area (Å²) in [5.41, 5.74) is 2.08. The monoisotopic (exact) mass is 269 g/mol. The number of aryl methyl sites for hydroxylation is 1. The molecule has 0 saturated carbocycles. The van der Waals surface area contributed by atoms with Gasteiger partial charge in [-0.15, -0.1) is 11.8 Å². The van der Waals surface area contributed by atoms with Crippen LogP contribution in [0.2, 0.25) is 0 Å². The van der Waals surface area contributed by atoms with Crippen molar-refractivity contribution >= 4 is 17.7 Å². The van der Waals surface area contributed by atoms with Gasteiger partial charge in [-0.3, -0.25) is 14.8 Å². The van der Waals surface area contributed by atoms with Gasteiger partial charge < -0.3 is 5.11 Å². The highest BCUT2D eigenvalue weighted by Gasteiger charge is 2.34. The summed E-state index contributed by atoms with van der Waals surface area (Å²) in [6, 6.07) is -0.465. The second-order valence-corrected chi connectivity index (χ2v) is 6.77. The number of carboxylic acid groups (broad SMARTS) is 1. The molecule has 18 heavy (non-hydrogen) atoms. The molecule has 1 aromatic heterocycles. The predicted octanol–water partition coefficient (Wildman–Crippen LogP) is 1.51. The van der Waals surface area contributed by atoms with E-state index in [1.54, 1.807) is 16.4 Å². The maximum Gasteiger partial charge on any atom is 0.321 e. The summed E-state index contributed by atoms with van der Waals surface area (Å²) in [5.74, 6) is -0.190. The van der Waals surface area contributed by atoms with Crippen molar-refractivity contribution < 1.29 is 9.90 Å². The van der Waals surface area contributed by atoms with Crippen LogP contribution < -0.4 is 5.32 Å². The van der Waals surface area contributed by atoms with Gasteiger partial charge in [0.1, 0.15) is 6.04 Å². The van der Waals surface area contributed by atoms with Crippen LogP contribution in [0.3, 0.4) is 0 Å². The first-order chi connectivity index (χ1) is 8.29. The average molecular weight is 269 g/mol. The molecule has 1 aliphatic rings. The molecule has 100 valence electrons. The Bertz CT molecular complexity index is 464. The van der Waals surface area contributed by atoms with Crippen LogP contribution in [0.15, 0.2) is 6.20 Å². The summed E-state index contributed by atoms with van der Waals surface area (Å²) in [6.45, 7) is 6.35. The number of hydrogen-bond acceptors (Lipinski definition) is 4. The van der Waals surface area contributed by atoms with E-state index in [9.17, 15) is 4.79 Å². The molecule has 6 heteroatoms. The fourth-order valence-electron chi connectivity index (χ4n) is 2.08. The van der Waals surface area contributed by atoms with Gasteiger partial charge in [0.05, 0.1) is 11.1 Å². The predicted molar refractivity (Wildman–Crippen MR) is 71.7 cm³/mol. The van der Waals surface area contributed by atoms with Crippen LogP contribution in [-0.4, -0.2) is 32.7 Å². The van der Waals surface area contributed by atoms with Crippen LogP contribution in [0.25, 0.3) is 0 Å². The van der Waals surface area contributed by atoms with E-state index in [0.29, 0.717) is 5.75 Å². The number of nitrogens with one attached hydrogen (secondary N) is 1. The lowest BCUT2D eigenvalue weighted by Gasteiger charge is -2.20. The lowest BCUT2D eigenvalue weighted by Crippen LogP contribution is -2.34. The number of rotatable bonds is 2.